The molecule has 1 N–H and O–H groups in total. The van der Waals surface area contributed by atoms with E-state index in [9.17, 15) is 4.79 Å². The number of carbonyl (C=O) groups is 1. The van der Waals surface area contributed by atoms with E-state index in [1.807, 2.05) is 13.0 Å². The Morgan fingerprint density at radius 3 is 2.81 bits per heavy atom. The van der Waals surface area contributed by atoms with Crippen LogP contribution in [0.4, 0.5) is 0 Å². The van der Waals surface area contributed by atoms with Gasteiger partial charge in [0.2, 0.25) is 0 Å². The molecule has 1 aromatic rings. The van der Waals surface area contributed by atoms with Crippen molar-refractivity contribution >= 4 is 17.5 Å². The van der Waals surface area contributed by atoms with Crippen LogP contribution in [0.1, 0.15) is 42.7 Å². The zero-order chi connectivity index (χ0) is 15.2. The third-order valence-corrected chi connectivity index (χ3v) is 4.26. The van der Waals surface area contributed by atoms with E-state index in [1.54, 1.807) is 6.07 Å². The lowest BCUT2D eigenvalue weighted by Crippen LogP contribution is -2.39. The van der Waals surface area contributed by atoms with E-state index in [-0.39, 0.29) is 5.91 Å². The van der Waals surface area contributed by atoms with Gasteiger partial charge in [-0.05, 0) is 50.4 Å². The Morgan fingerprint density at radius 1 is 1.43 bits per heavy atom. The first-order chi connectivity index (χ1) is 10.1. The molecule has 0 aliphatic carbocycles. The summed E-state index contributed by atoms with van der Waals surface area (Å²) in [4.78, 5) is 18.7. The summed E-state index contributed by atoms with van der Waals surface area (Å²) in [6.07, 6.45) is 3.29. The van der Waals surface area contributed by atoms with Gasteiger partial charge in [0.15, 0.2) is 0 Å². The number of nitrogens with zero attached hydrogens (tertiary/aromatic N) is 2. The SMILES string of the molecule is CCc1cc(C(=O)NCCN2CCC(C)CC2)cc(Cl)n1. The van der Waals surface area contributed by atoms with Crippen molar-refractivity contribution < 1.29 is 4.79 Å². The second-order valence-electron chi connectivity index (χ2n) is 5.80. The molecule has 4 nitrogen and oxygen atoms in total. The normalized spacial score (nSPS) is 16.9. The van der Waals surface area contributed by atoms with Crippen molar-refractivity contribution in [2.24, 2.45) is 5.92 Å². The average Bonchev–Trinajstić information content (AvgIpc) is 2.48. The van der Waals surface area contributed by atoms with E-state index in [2.05, 4.69) is 22.1 Å². The van der Waals surface area contributed by atoms with E-state index in [4.69, 9.17) is 11.6 Å². The first kappa shape index (κ1) is 16.2. The van der Waals surface area contributed by atoms with E-state index in [0.29, 0.717) is 17.3 Å². The Kier molecular flexibility index (Phi) is 6.00. The molecule has 1 fully saturated rings. The standard InChI is InChI=1S/C16H24ClN3O/c1-3-14-10-13(11-15(17)19-14)16(21)18-6-9-20-7-4-12(2)5-8-20/h10-12H,3-9H2,1-2H3,(H,18,21). The lowest BCUT2D eigenvalue weighted by molar-refractivity contribution is 0.0944. The molecule has 2 heterocycles. The topological polar surface area (TPSA) is 45.2 Å². The fraction of sp³-hybridized carbons (Fsp3) is 0.625. The molecule has 1 aliphatic rings. The molecule has 1 amide bonds. The summed E-state index contributed by atoms with van der Waals surface area (Å²) in [6, 6.07) is 3.43. The number of amides is 1. The number of hydrogen-bond donors (Lipinski definition) is 1. The van der Waals surface area contributed by atoms with Crippen molar-refractivity contribution in [3.63, 3.8) is 0 Å². The molecule has 116 valence electrons. The van der Waals surface area contributed by atoms with Crippen LogP contribution in [0.25, 0.3) is 0 Å². The summed E-state index contributed by atoms with van der Waals surface area (Å²) < 4.78 is 0. The first-order valence-electron chi connectivity index (χ1n) is 7.75. The number of aromatic nitrogens is 1. The third-order valence-electron chi connectivity index (χ3n) is 4.06. The molecule has 21 heavy (non-hydrogen) atoms. The van der Waals surface area contributed by atoms with Gasteiger partial charge in [-0.1, -0.05) is 25.4 Å². The van der Waals surface area contributed by atoms with Gasteiger partial charge in [0, 0.05) is 24.3 Å². The molecule has 0 unspecified atom stereocenters. The van der Waals surface area contributed by atoms with Crippen molar-refractivity contribution in [3.05, 3.63) is 28.5 Å². The number of rotatable bonds is 5. The number of halogens is 1. The number of carbonyl (C=O) groups excluding carboxylic acids is 1. The van der Waals surface area contributed by atoms with Gasteiger partial charge >= 0.3 is 0 Å². The van der Waals surface area contributed by atoms with Gasteiger partial charge in [0.1, 0.15) is 5.15 Å². The summed E-state index contributed by atoms with van der Waals surface area (Å²) in [5, 5.41) is 3.35. The van der Waals surface area contributed by atoms with Crippen LogP contribution >= 0.6 is 11.6 Å². The number of piperidine rings is 1. The molecular weight excluding hydrogens is 286 g/mol. The van der Waals surface area contributed by atoms with Crippen LogP contribution in [-0.4, -0.2) is 42.0 Å². The minimum atomic E-state index is -0.0700. The van der Waals surface area contributed by atoms with Gasteiger partial charge in [0.25, 0.3) is 5.91 Å². The smallest absolute Gasteiger partial charge is 0.251 e. The maximum absolute atomic E-state index is 12.1. The largest absolute Gasteiger partial charge is 0.351 e. The molecule has 5 heteroatoms. The number of likely N-dealkylation sites (tertiary alicyclic amines) is 1. The van der Waals surface area contributed by atoms with Crippen LogP contribution in [0.3, 0.4) is 0 Å². The molecule has 0 aromatic carbocycles. The van der Waals surface area contributed by atoms with Crippen LogP contribution in [0.15, 0.2) is 12.1 Å². The lowest BCUT2D eigenvalue weighted by Gasteiger charge is -2.30. The second kappa shape index (κ2) is 7.76. The zero-order valence-corrected chi connectivity index (χ0v) is 13.6. The zero-order valence-electron chi connectivity index (χ0n) is 12.9. The monoisotopic (exact) mass is 309 g/mol. The Balaban J connectivity index is 1.80. The van der Waals surface area contributed by atoms with Crippen LogP contribution < -0.4 is 5.32 Å². The summed E-state index contributed by atoms with van der Waals surface area (Å²) >= 11 is 5.94. The lowest BCUT2D eigenvalue weighted by atomic mass is 9.99. The Labute approximate surface area is 131 Å². The molecule has 1 aromatic heterocycles. The van der Waals surface area contributed by atoms with Crippen LogP contribution in [0, 0.1) is 5.92 Å². The molecular formula is C16H24ClN3O. The number of hydrogen-bond acceptors (Lipinski definition) is 3. The highest BCUT2D eigenvalue weighted by Crippen LogP contribution is 2.15. The molecule has 0 saturated carbocycles. The molecule has 0 radical (unpaired) electrons. The summed E-state index contributed by atoms with van der Waals surface area (Å²) in [6.45, 7) is 8.16. The van der Waals surface area contributed by atoms with E-state index >= 15 is 0 Å². The van der Waals surface area contributed by atoms with Crippen LogP contribution in [-0.2, 0) is 6.42 Å². The molecule has 1 saturated heterocycles. The number of nitrogens with one attached hydrogen (secondary N) is 1. The first-order valence-corrected chi connectivity index (χ1v) is 8.13. The van der Waals surface area contributed by atoms with Crippen molar-refractivity contribution in [1.82, 2.24) is 15.2 Å². The predicted molar refractivity (Wildman–Crippen MR) is 85.8 cm³/mol. The maximum atomic E-state index is 12.1. The van der Waals surface area contributed by atoms with Gasteiger partial charge in [-0.3, -0.25) is 4.79 Å². The van der Waals surface area contributed by atoms with Gasteiger partial charge in [0.05, 0.1) is 0 Å². The Bertz CT molecular complexity index is 484. The minimum absolute atomic E-state index is 0.0700. The maximum Gasteiger partial charge on any atom is 0.251 e. The molecule has 0 atom stereocenters. The van der Waals surface area contributed by atoms with Crippen molar-refractivity contribution in [2.75, 3.05) is 26.2 Å². The summed E-state index contributed by atoms with van der Waals surface area (Å²) in [7, 11) is 0. The number of aryl methyl sites for hydroxylation is 1. The number of pyridine rings is 1. The molecule has 0 bridgehead atoms. The highest BCUT2D eigenvalue weighted by Gasteiger charge is 2.15. The molecule has 1 aliphatic heterocycles. The van der Waals surface area contributed by atoms with E-state index in [1.165, 1.54) is 12.8 Å². The van der Waals surface area contributed by atoms with Gasteiger partial charge in [-0.15, -0.1) is 0 Å². The van der Waals surface area contributed by atoms with Gasteiger partial charge in [-0.2, -0.15) is 0 Å². The van der Waals surface area contributed by atoms with Gasteiger partial charge in [-0.25, -0.2) is 4.98 Å². The molecule has 2 rings (SSSR count). The third kappa shape index (κ3) is 4.97. The van der Waals surface area contributed by atoms with E-state index < -0.39 is 0 Å². The predicted octanol–water partition coefficient (Wildman–Crippen LogP) is 2.76. The molecule has 0 spiro atoms. The summed E-state index contributed by atoms with van der Waals surface area (Å²) in [5.74, 6) is 0.765. The van der Waals surface area contributed by atoms with Crippen molar-refractivity contribution in [3.8, 4) is 0 Å². The second-order valence-corrected chi connectivity index (χ2v) is 6.19. The Hall–Kier alpha value is -1.13. The van der Waals surface area contributed by atoms with E-state index in [0.717, 1.165) is 37.7 Å². The quantitative estimate of drug-likeness (QED) is 0.851. The Morgan fingerprint density at radius 2 is 2.14 bits per heavy atom. The van der Waals surface area contributed by atoms with Crippen molar-refractivity contribution in [2.45, 2.75) is 33.1 Å². The highest BCUT2D eigenvalue weighted by molar-refractivity contribution is 6.29. The average molecular weight is 310 g/mol. The highest BCUT2D eigenvalue weighted by atomic mass is 35.5. The van der Waals surface area contributed by atoms with Crippen molar-refractivity contribution in [1.29, 1.82) is 0 Å². The van der Waals surface area contributed by atoms with Crippen LogP contribution in [0.2, 0.25) is 5.15 Å². The minimum Gasteiger partial charge on any atom is -0.351 e. The van der Waals surface area contributed by atoms with Crippen LogP contribution in [0.5, 0.6) is 0 Å². The fourth-order valence-electron chi connectivity index (χ4n) is 2.58. The fourth-order valence-corrected chi connectivity index (χ4v) is 2.80. The summed E-state index contributed by atoms with van der Waals surface area (Å²) in [5.41, 5.74) is 1.44. The van der Waals surface area contributed by atoms with Gasteiger partial charge < -0.3 is 10.2 Å².